The lowest BCUT2D eigenvalue weighted by Gasteiger charge is -2.22. The minimum absolute atomic E-state index is 0.153. The second-order valence-electron chi connectivity index (χ2n) is 10.9. The molecule has 2 aromatic carbocycles. The Hall–Kier alpha value is -4.94. The van der Waals surface area contributed by atoms with E-state index in [2.05, 4.69) is 20.4 Å². The molecule has 3 atom stereocenters. The Labute approximate surface area is 247 Å². The van der Waals surface area contributed by atoms with Gasteiger partial charge in [0, 0.05) is 42.6 Å². The summed E-state index contributed by atoms with van der Waals surface area (Å²) in [5, 5.41) is 7.01. The maximum atomic E-state index is 15.2. The van der Waals surface area contributed by atoms with Crippen LogP contribution in [0, 0.1) is 23.4 Å². The number of rotatable bonds is 9. The quantitative estimate of drug-likeness (QED) is 0.210. The van der Waals surface area contributed by atoms with Crippen molar-refractivity contribution >= 4 is 18.0 Å². The van der Waals surface area contributed by atoms with Crippen LogP contribution in [0.25, 0.3) is 11.1 Å². The van der Waals surface area contributed by atoms with Gasteiger partial charge in [0.05, 0.1) is 17.3 Å². The van der Waals surface area contributed by atoms with Gasteiger partial charge in [-0.3, -0.25) is 24.2 Å². The average molecular weight is 609 g/mol. The molecule has 44 heavy (non-hydrogen) atoms. The van der Waals surface area contributed by atoms with Crippen molar-refractivity contribution in [1.82, 2.24) is 20.1 Å². The molecule has 2 aliphatic carbocycles. The summed E-state index contributed by atoms with van der Waals surface area (Å²) in [6.45, 7) is -0.576. The molecule has 226 valence electrons. The van der Waals surface area contributed by atoms with Crippen LogP contribution < -0.4 is 11.1 Å². The zero-order chi connectivity index (χ0) is 31.3. The van der Waals surface area contributed by atoms with Gasteiger partial charge in [0.25, 0.3) is 11.8 Å². The highest BCUT2D eigenvalue weighted by Gasteiger charge is 2.66. The van der Waals surface area contributed by atoms with E-state index in [1.807, 2.05) is 0 Å². The summed E-state index contributed by atoms with van der Waals surface area (Å²) >= 11 is 0. The van der Waals surface area contributed by atoms with Gasteiger partial charge in [0.15, 0.2) is 0 Å². The topological polar surface area (TPSA) is 115 Å². The van der Waals surface area contributed by atoms with Gasteiger partial charge < -0.3 is 11.1 Å². The van der Waals surface area contributed by atoms with Crippen LogP contribution in [0.1, 0.15) is 56.9 Å². The maximum absolute atomic E-state index is 15.2. The predicted octanol–water partition coefficient (Wildman–Crippen LogP) is 4.82. The Morgan fingerprint density at radius 3 is 2.61 bits per heavy atom. The Kier molecular flexibility index (Phi) is 7.26. The summed E-state index contributed by atoms with van der Waals surface area (Å²) in [7, 11) is 1.49. The number of fused-ring (bicyclic) bond motifs is 3. The molecule has 0 aliphatic heterocycles. The average Bonchev–Trinajstić information content (AvgIpc) is 3.63. The Bertz CT molecular complexity index is 1820. The van der Waals surface area contributed by atoms with Crippen LogP contribution in [0.3, 0.4) is 0 Å². The summed E-state index contributed by atoms with van der Waals surface area (Å²) in [6.07, 6.45) is 2.98. The molecule has 2 heterocycles. The minimum atomic E-state index is -3.17. The second-order valence-corrected chi connectivity index (χ2v) is 10.9. The maximum Gasteiger partial charge on any atom is 0.293 e. The van der Waals surface area contributed by atoms with E-state index in [1.54, 1.807) is 12.1 Å². The molecular weight excluding hydrogens is 583 g/mol. The number of carbonyl (C=O) groups excluding carboxylic acids is 2. The van der Waals surface area contributed by atoms with Crippen LogP contribution in [0.15, 0.2) is 59.7 Å². The number of nitrogens with zero attached hydrogens (tertiary/aromatic N) is 4. The van der Waals surface area contributed by atoms with Crippen LogP contribution in [-0.4, -0.2) is 39.8 Å². The highest BCUT2D eigenvalue weighted by atomic mass is 19.3. The molecule has 0 bridgehead atoms. The molecule has 0 saturated heterocycles. The number of benzene rings is 2. The molecule has 0 spiro atoms. The van der Waals surface area contributed by atoms with Crippen molar-refractivity contribution in [3.63, 3.8) is 0 Å². The summed E-state index contributed by atoms with van der Waals surface area (Å²) in [5.41, 5.74) is 6.38. The number of aromatic nitrogens is 3. The van der Waals surface area contributed by atoms with Crippen LogP contribution in [0.4, 0.5) is 22.0 Å². The van der Waals surface area contributed by atoms with Gasteiger partial charge in [-0.25, -0.2) is 13.2 Å². The largest absolute Gasteiger partial charge is 0.366 e. The third-order valence-corrected chi connectivity index (χ3v) is 7.91. The SMILES string of the molecule is CN=Cc1nn(CC(=O)N[C@@H](Cc2cc(F)cc(F)c2)c2ncccc2-c2ccc(F)c(C(N)=O)c2)c2c1[C@H]1CC1C2(F)F. The highest BCUT2D eigenvalue weighted by Crippen LogP contribution is 2.67. The van der Waals surface area contributed by atoms with Gasteiger partial charge in [-0.05, 0) is 60.2 Å². The van der Waals surface area contributed by atoms with Gasteiger partial charge in [-0.1, -0.05) is 12.1 Å². The van der Waals surface area contributed by atoms with Crippen molar-refractivity contribution in [3.8, 4) is 11.1 Å². The number of amides is 2. The van der Waals surface area contributed by atoms with E-state index in [9.17, 15) is 22.8 Å². The molecule has 1 unspecified atom stereocenters. The summed E-state index contributed by atoms with van der Waals surface area (Å²) in [5.74, 6) is -8.59. The van der Waals surface area contributed by atoms with Crippen LogP contribution in [0.5, 0.6) is 0 Å². The second kappa shape index (κ2) is 11.0. The molecule has 2 aromatic heterocycles. The fourth-order valence-electron chi connectivity index (χ4n) is 6.01. The first kappa shape index (κ1) is 29.1. The van der Waals surface area contributed by atoms with Crippen LogP contribution >= 0.6 is 0 Å². The number of halogens is 5. The Morgan fingerprint density at radius 1 is 1.16 bits per heavy atom. The lowest BCUT2D eigenvalue weighted by atomic mass is 9.94. The fraction of sp³-hybridized carbons (Fsp3) is 0.258. The standard InChI is InChI=1S/C31H25F5N6O2/c1-38-13-25-27-20-12-22(20)31(35,36)29(27)42(41-25)14-26(43)40-24(9-15-7-17(32)11-18(33)8-15)28-19(3-2-6-39-28)16-4-5-23(34)21(10-16)30(37)44/h2-8,10-11,13,20,22,24H,9,12,14H2,1H3,(H2,37,44)(H,40,43)/t20-,22?,24-/m0/s1. The van der Waals surface area contributed by atoms with Crippen LogP contribution in [0.2, 0.25) is 0 Å². The van der Waals surface area contributed by atoms with E-state index < -0.39 is 53.7 Å². The van der Waals surface area contributed by atoms with E-state index in [1.165, 1.54) is 31.6 Å². The number of aliphatic imine (C=N–C) groups is 1. The first-order valence-electron chi connectivity index (χ1n) is 13.7. The molecule has 8 nitrogen and oxygen atoms in total. The number of hydrogen-bond acceptors (Lipinski definition) is 5. The molecule has 13 heteroatoms. The normalized spacial score (nSPS) is 18.6. The third kappa shape index (κ3) is 5.22. The lowest BCUT2D eigenvalue weighted by Crippen LogP contribution is -2.35. The van der Waals surface area contributed by atoms with Crippen LogP contribution in [-0.2, 0) is 23.7 Å². The van der Waals surface area contributed by atoms with Crippen molar-refractivity contribution < 1.29 is 31.5 Å². The van der Waals surface area contributed by atoms with E-state index in [0.717, 1.165) is 22.9 Å². The summed E-state index contributed by atoms with van der Waals surface area (Å²) < 4.78 is 73.9. The Morgan fingerprint density at radius 2 is 1.91 bits per heavy atom. The van der Waals surface area contributed by atoms with E-state index >= 15 is 8.78 Å². The molecule has 2 aliphatic rings. The molecule has 0 radical (unpaired) electrons. The molecule has 1 fully saturated rings. The smallest absolute Gasteiger partial charge is 0.293 e. The number of nitrogens with two attached hydrogens (primary N) is 1. The zero-order valence-electron chi connectivity index (χ0n) is 23.2. The van der Waals surface area contributed by atoms with E-state index in [-0.39, 0.29) is 40.5 Å². The van der Waals surface area contributed by atoms with Crippen molar-refractivity contribution in [2.45, 2.75) is 37.3 Å². The van der Waals surface area contributed by atoms with Gasteiger partial charge in [-0.2, -0.15) is 13.9 Å². The monoisotopic (exact) mass is 608 g/mol. The number of alkyl halides is 2. The van der Waals surface area contributed by atoms with Gasteiger partial charge in [0.1, 0.15) is 35.4 Å². The molecular formula is C31H25F5N6O2. The van der Waals surface area contributed by atoms with Gasteiger partial charge >= 0.3 is 0 Å². The lowest BCUT2D eigenvalue weighted by molar-refractivity contribution is -0.122. The molecule has 1 saturated carbocycles. The number of pyridine rings is 1. The third-order valence-electron chi connectivity index (χ3n) is 7.91. The number of nitrogens with one attached hydrogen (secondary N) is 1. The van der Waals surface area contributed by atoms with Crippen molar-refractivity contribution in [2.75, 3.05) is 7.05 Å². The Balaban J connectivity index is 1.37. The van der Waals surface area contributed by atoms with E-state index in [0.29, 0.717) is 29.2 Å². The van der Waals surface area contributed by atoms with Gasteiger partial charge in [-0.15, -0.1) is 0 Å². The minimum Gasteiger partial charge on any atom is -0.366 e. The molecule has 4 aromatic rings. The number of primary amides is 1. The van der Waals surface area contributed by atoms with Crippen molar-refractivity contribution in [3.05, 3.63) is 106 Å². The molecule has 2 amide bonds. The number of hydrogen-bond donors (Lipinski definition) is 2. The molecule has 6 rings (SSSR count). The first-order valence-corrected chi connectivity index (χ1v) is 13.7. The van der Waals surface area contributed by atoms with Crippen molar-refractivity contribution in [2.24, 2.45) is 16.6 Å². The zero-order valence-corrected chi connectivity index (χ0v) is 23.2. The molecule has 3 N–H and O–H groups in total. The highest BCUT2D eigenvalue weighted by molar-refractivity contribution is 5.94. The van der Waals surface area contributed by atoms with E-state index in [4.69, 9.17) is 5.73 Å². The van der Waals surface area contributed by atoms with Gasteiger partial charge in [0.2, 0.25) is 5.91 Å². The fourth-order valence-corrected chi connectivity index (χ4v) is 6.01. The summed E-state index contributed by atoms with van der Waals surface area (Å²) in [4.78, 5) is 33.6. The predicted molar refractivity (Wildman–Crippen MR) is 150 cm³/mol. The van der Waals surface area contributed by atoms with Crippen molar-refractivity contribution in [1.29, 1.82) is 0 Å². The summed E-state index contributed by atoms with van der Waals surface area (Å²) in [6, 6.07) is 8.70. The number of carbonyl (C=O) groups is 2. The first-order chi connectivity index (χ1) is 21.0.